The van der Waals surface area contributed by atoms with Crippen LogP contribution in [0.15, 0.2) is 34.9 Å². The lowest BCUT2D eigenvalue weighted by molar-refractivity contribution is 0.564. The second-order valence-electron chi connectivity index (χ2n) is 4.89. The summed E-state index contributed by atoms with van der Waals surface area (Å²) in [6, 6.07) is 9.25. The molecule has 4 heteroatoms. The van der Waals surface area contributed by atoms with Crippen LogP contribution in [0.2, 0.25) is 0 Å². The lowest BCUT2D eigenvalue weighted by Crippen LogP contribution is -2.21. The fraction of sp³-hybridized carbons (Fsp3) is 0.357. The standard InChI is InChI=1S/C14H16BrN3/c1-9-2-7-12(17-9)14-16-8-13(18-14)10-3-5-11(15)6-4-10/h3-6,8-9,12,17H,2,7H2,1H3,(H,16,18). The average Bonchev–Trinajstić information content (AvgIpc) is 2.98. The molecule has 18 heavy (non-hydrogen) atoms. The molecule has 2 heterocycles. The Hall–Kier alpha value is -1.13. The molecule has 0 aliphatic carbocycles. The first kappa shape index (κ1) is 11.9. The van der Waals surface area contributed by atoms with Gasteiger partial charge >= 0.3 is 0 Å². The first-order chi connectivity index (χ1) is 8.72. The van der Waals surface area contributed by atoms with Crippen LogP contribution in [-0.4, -0.2) is 16.0 Å². The minimum absolute atomic E-state index is 0.379. The largest absolute Gasteiger partial charge is 0.341 e. The molecule has 1 aromatic carbocycles. The van der Waals surface area contributed by atoms with Crippen molar-refractivity contribution in [2.24, 2.45) is 0 Å². The lowest BCUT2D eigenvalue weighted by atomic mass is 10.2. The highest BCUT2D eigenvalue weighted by atomic mass is 79.9. The van der Waals surface area contributed by atoms with Gasteiger partial charge in [-0.2, -0.15) is 0 Å². The number of H-pyrrole nitrogens is 1. The van der Waals surface area contributed by atoms with Crippen LogP contribution in [0.1, 0.15) is 31.6 Å². The van der Waals surface area contributed by atoms with E-state index in [0.29, 0.717) is 12.1 Å². The van der Waals surface area contributed by atoms with Crippen molar-refractivity contribution in [1.29, 1.82) is 0 Å². The molecule has 2 N–H and O–H groups in total. The van der Waals surface area contributed by atoms with Crippen molar-refractivity contribution < 1.29 is 0 Å². The van der Waals surface area contributed by atoms with E-state index in [1.807, 2.05) is 18.3 Å². The molecule has 1 fully saturated rings. The van der Waals surface area contributed by atoms with Crippen LogP contribution < -0.4 is 5.32 Å². The van der Waals surface area contributed by atoms with Crippen LogP contribution in [0, 0.1) is 0 Å². The van der Waals surface area contributed by atoms with Crippen molar-refractivity contribution in [3.8, 4) is 11.3 Å². The Morgan fingerprint density at radius 1 is 1.22 bits per heavy atom. The van der Waals surface area contributed by atoms with E-state index in [4.69, 9.17) is 0 Å². The van der Waals surface area contributed by atoms with E-state index in [0.717, 1.165) is 22.4 Å². The molecule has 1 aromatic heterocycles. The van der Waals surface area contributed by atoms with Gasteiger partial charge in [-0.3, -0.25) is 0 Å². The summed E-state index contributed by atoms with van der Waals surface area (Å²) in [5.41, 5.74) is 2.25. The molecule has 2 atom stereocenters. The quantitative estimate of drug-likeness (QED) is 0.889. The number of nitrogens with zero attached hydrogens (tertiary/aromatic N) is 1. The van der Waals surface area contributed by atoms with Gasteiger partial charge in [-0.15, -0.1) is 0 Å². The summed E-state index contributed by atoms with van der Waals surface area (Å²) in [6.45, 7) is 2.22. The number of benzene rings is 1. The zero-order chi connectivity index (χ0) is 12.5. The Bertz CT molecular complexity index is 532. The van der Waals surface area contributed by atoms with Gasteiger partial charge in [-0.05, 0) is 37.5 Å². The summed E-state index contributed by atoms with van der Waals surface area (Å²) >= 11 is 3.45. The van der Waals surface area contributed by atoms with E-state index >= 15 is 0 Å². The topological polar surface area (TPSA) is 40.7 Å². The van der Waals surface area contributed by atoms with Gasteiger partial charge in [-0.1, -0.05) is 28.1 Å². The number of aromatic amines is 1. The summed E-state index contributed by atoms with van der Waals surface area (Å²) in [6.07, 6.45) is 4.30. The van der Waals surface area contributed by atoms with E-state index in [9.17, 15) is 0 Å². The van der Waals surface area contributed by atoms with Gasteiger partial charge in [-0.25, -0.2) is 4.98 Å². The minimum Gasteiger partial charge on any atom is -0.341 e. The second kappa shape index (κ2) is 4.86. The maximum Gasteiger partial charge on any atom is 0.123 e. The summed E-state index contributed by atoms with van der Waals surface area (Å²) in [7, 11) is 0. The van der Waals surface area contributed by atoms with Gasteiger partial charge < -0.3 is 10.3 Å². The van der Waals surface area contributed by atoms with E-state index in [-0.39, 0.29) is 0 Å². The number of nitrogens with one attached hydrogen (secondary N) is 2. The summed E-state index contributed by atoms with van der Waals surface area (Å²) < 4.78 is 1.09. The predicted octanol–water partition coefficient (Wildman–Crippen LogP) is 3.65. The monoisotopic (exact) mass is 305 g/mol. The van der Waals surface area contributed by atoms with Crippen molar-refractivity contribution in [3.05, 3.63) is 40.8 Å². The molecule has 0 amide bonds. The molecule has 1 aliphatic heterocycles. The van der Waals surface area contributed by atoms with Crippen LogP contribution >= 0.6 is 15.9 Å². The molecular weight excluding hydrogens is 290 g/mol. The van der Waals surface area contributed by atoms with E-state index in [2.05, 4.69) is 50.3 Å². The highest BCUT2D eigenvalue weighted by Crippen LogP contribution is 2.26. The third kappa shape index (κ3) is 2.35. The van der Waals surface area contributed by atoms with Crippen molar-refractivity contribution in [2.75, 3.05) is 0 Å². The number of rotatable bonds is 2. The maximum absolute atomic E-state index is 4.50. The maximum atomic E-state index is 4.50. The molecule has 1 aliphatic rings. The highest BCUT2D eigenvalue weighted by molar-refractivity contribution is 9.10. The van der Waals surface area contributed by atoms with Gasteiger partial charge in [0.15, 0.2) is 0 Å². The average molecular weight is 306 g/mol. The molecule has 94 valence electrons. The van der Waals surface area contributed by atoms with Crippen molar-refractivity contribution in [3.63, 3.8) is 0 Å². The molecule has 0 spiro atoms. The Labute approximate surface area is 115 Å². The molecule has 0 bridgehead atoms. The normalized spacial score (nSPS) is 23.4. The van der Waals surface area contributed by atoms with E-state index < -0.39 is 0 Å². The Kier molecular flexibility index (Phi) is 3.22. The molecular formula is C14H16BrN3. The van der Waals surface area contributed by atoms with Gasteiger partial charge in [0.2, 0.25) is 0 Å². The Morgan fingerprint density at radius 3 is 2.67 bits per heavy atom. The smallest absolute Gasteiger partial charge is 0.123 e. The summed E-state index contributed by atoms with van der Waals surface area (Å²) in [5, 5.41) is 3.54. The predicted molar refractivity (Wildman–Crippen MR) is 76.3 cm³/mol. The fourth-order valence-corrected chi connectivity index (χ4v) is 2.70. The molecule has 1 saturated heterocycles. The van der Waals surface area contributed by atoms with Crippen LogP contribution in [0.3, 0.4) is 0 Å². The zero-order valence-electron chi connectivity index (χ0n) is 10.3. The molecule has 0 radical (unpaired) electrons. The first-order valence-electron chi connectivity index (χ1n) is 6.29. The molecule has 0 saturated carbocycles. The van der Waals surface area contributed by atoms with Crippen LogP contribution in [0.5, 0.6) is 0 Å². The van der Waals surface area contributed by atoms with Crippen LogP contribution in [-0.2, 0) is 0 Å². The Morgan fingerprint density at radius 2 is 2.00 bits per heavy atom. The van der Waals surface area contributed by atoms with E-state index in [1.54, 1.807) is 0 Å². The Balaban J connectivity index is 1.83. The van der Waals surface area contributed by atoms with Gasteiger partial charge in [0.1, 0.15) is 5.82 Å². The van der Waals surface area contributed by atoms with Crippen molar-refractivity contribution in [2.45, 2.75) is 31.8 Å². The van der Waals surface area contributed by atoms with Crippen LogP contribution in [0.4, 0.5) is 0 Å². The van der Waals surface area contributed by atoms with Crippen LogP contribution in [0.25, 0.3) is 11.3 Å². The van der Waals surface area contributed by atoms with Crippen molar-refractivity contribution >= 4 is 15.9 Å². The molecule has 2 aromatic rings. The van der Waals surface area contributed by atoms with Gasteiger partial charge in [0, 0.05) is 10.5 Å². The summed E-state index contributed by atoms with van der Waals surface area (Å²) in [4.78, 5) is 7.92. The number of hydrogen-bond acceptors (Lipinski definition) is 2. The molecule has 3 rings (SSSR count). The SMILES string of the molecule is CC1CCC(c2ncc(-c3ccc(Br)cc3)[nH]2)N1. The molecule has 2 unspecified atom stereocenters. The fourth-order valence-electron chi connectivity index (χ4n) is 2.43. The van der Waals surface area contributed by atoms with Crippen molar-refractivity contribution in [1.82, 2.24) is 15.3 Å². The van der Waals surface area contributed by atoms with Gasteiger partial charge in [0.25, 0.3) is 0 Å². The second-order valence-corrected chi connectivity index (χ2v) is 5.80. The number of aromatic nitrogens is 2. The number of hydrogen-bond donors (Lipinski definition) is 2. The van der Waals surface area contributed by atoms with Gasteiger partial charge in [0.05, 0.1) is 17.9 Å². The van der Waals surface area contributed by atoms with E-state index in [1.165, 1.54) is 12.0 Å². The molecule has 3 nitrogen and oxygen atoms in total. The number of imidazole rings is 1. The summed E-state index contributed by atoms with van der Waals surface area (Å²) in [5.74, 6) is 1.05. The minimum atomic E-state index is 0.379. The highest BCUT2D eigenvalue weighted by Gasteiger charge is 2.23. The zero-order valence-corrected chi connectivity index (χ0v) is 11.9. The third-order valence-corrected chi connectivity index (χ3v) is 3.98. The lowest BCUT2D eigenvalue weighted by Gasteiger charge is -2.08. The number of halogens is 1. The third-order valence-electron chi connectivity index (χ3n) is 3.45. The first-order valence-corrected chi connectivity index (χ1v) is 7.08.